The van der Waals surface area contributed by atoms with Crippen molar-refractivity contribution in [3.8, 4) is 0 Å². The Morgan fingerprint density at radius 1 is 1.12 bits per heavy atom. The van der Waals surface area contributed by atoms with Crippen molar-refractivity contribution in [2.45, 2.75) is 0 Å². The fraction of sp³-hybridized carbons (Fsp3) is 0. The number of hydrogen-bond acceptors (Lipinski definition) is 3. The Labute approximate surface area is 57.6 Å². The van der Waals surface area contributed by atoms with Gasteiger partial charge in [0.2, 0.25) is 0 Å². The summed E-state index contributed by atoms with van der Waals surface area (Å²) in [6.45, 7) is 0. The van der Waals surface area contributed by atoms with Crippen molar-refractivity contribution in [2.24, 2.45) is 0 Å². The smallest absolute Gasteiger partial charge is 0.338 e. The molecule has 0 aromatic rings. The average molecular weight is 149 g/mol. The third-order valence-electron chi connectivity index (χ3n) is 0.557. The van der Waals surface area contributed by atoms with Crippen LogP contribution in [0.4, 0.5) is 0 Å². The van der Waals surface area contributed by atoms with Gasteiger partial charge in [-0.2, -0.15) is 0 Å². The van der Waals surface area contributed by atoms with E-state index in [9.17, 15) is 9.59 Å². The number of ether oxygens (including phenoxy) is 1. The molecule has 0 saturated carbocycles. The second-order valence-corrected chi connectivity index (χ2v) is 1.07. The van der Waals surface area contributed by atoms with E-state index in [4.69, 9.17) is 0 Å². The van der Waals surface area contributed by atoms with Gasteiger partial charge < -0.3 is 4.74 Å². The zero-order chi connectivity index (χ0) is 5.28. The van der Waals surface area contributed by atoms with Crippen LogP contribution < -0.4 is 0 Å². The summed E-state index contributed by atoms with van der Waals surface area (Å²) < 4.78 is 3.97. The molecule has 0 aromatic heterocycles. The van der Waals surface area contributed by atoms with Crippen molar-refractivity contribution in [2.75, 3.05) is 0 Å². The van der Waals surface area contributed by atoms with Crippen LogP contribution in [0.25, 0.3) is 0 Å². The second kappa shape index (κ2) is 2.69. The molecule has 0 saturated heterocycles. The quantitative estimate of drug-likeness (QED) is 0.348. The van der Waals surface area contributed by atoms with Gasteiger partial charge in [0, 0.05) is 30.7 Å². The number of carbonyl (C=O) groups excluding carboxylic acids is 2. The van der Waals surface area contributed by atoms with Crippen LogP contribution in [-0.4, -0.2) is 11.9 Å². The summed E-state index contributed by atoms with van der Waals surface area (Å²) in [7, 11) is 0. The molecule has 0 bridgehead atoms. The van der Waals surface area contributed by atoms with Crippen LogP contribution in [0.5, 0.6) is 0 Å². The minimum Gasteiger partial charge on any atom is -0.387 e. The Balaban J connectivity index is 0.000000490. The van der Waals surface area contributed by atoms with Crippen molar-refractivity contribution < 1.29 is 32.9 Å². The first kappa shape index (κ1) is 7.46. The molecule has 0 aliphatic carbocycles. The number of esters is 2. The summed E-state index contributed by atoms with van der Waals surface area (Å²) in [5.74, 6) is -1.16. The van der Waals surface area contributed by atoms with Crippen LogP contribution in [0.15, 0.2) is 12.2 Å². The molecule has 0 spiro atoms. The minimum absolute atomic E-state index is 0. The van der Waals surface area contributed by atoms with E-state index in [0.717, 1.165) is 12.2 Å². The van der Waals surface area contributed by atoms with E-state index in [2.05, 4.69) is 4.74 Å². The van der Waals surface area contributed by atoms with Crippen molar-refractivity contribution in [1.82, 2.24) is 0 Å². The van der Waals surface area contributed by atoms with Gasteiger partial charge in [-0.15, -0.1) is 0 Å². The molecule has 4 heteroatoms. The van der Waals surface area contributed by atoms with Crippen LogP contribution >= 0.6 is 0 Å². The van der Waals surface area contributed by atoms with Crippen LogP contribution in [0.1, 0.15) is 0 Å². The van der Waals surface area contributed by atoms with E-state index in [1.54, 1.807) is 0 Å². The fourth-order valence-electron chi connectivity index (χ4n) is 0.303. The summed E-state index contributed by atoms with van der Waals surface area (Å²) >= 11 is 0. The summed E-state index contributed by atoms with van der Waals surface area (Å²) in [5.41, 5.74) is 0. The van der Waals surface area contributed by atoms with E-state index < -0.39 is 11.9 Å². The molecular weight excluding hydrogens is 147 g/mol. The molecule has 0 atom stereocenters. The molecule has 1 radical (unpaired) electrons. The first-order valence-electron chi connectivity index (χ1n) is 1.73. The zero-order valence-corrected chi connectivity index (χ0v) is 5.22. The third-order valence-corrected chi connectivity index (χ3v) is 0.557. The molecule has 8 heavy (non-hydrogen) atoms. The Hall–Kier alpha value is -0.536. The zero-order valence-electron chi connectivity index (χ0n) is 3.83. The number of rotatable bonds is 0. The largest absolute Gasteiger partial charge is 0.387 e. The molecule has 1 aliphatic heterocycles. The summed E-state index contributed by atoms with van der Waals surface area (Å²) in [6, 6.07) is 0. The van der Waals surface area contributed by atoms with Gasteiger partial charge in [0.1, 0.15) is 0 Å². The number of hydrogen-bond donors (Lipinski definition) is 0. The standard InChI is InChI=1S/C4H2O3.V/c5-3-1-2-4(6)7-3;/h1-2H;. The SMILES string of the molecule is O=C1C=CC(=O)O1.[V]. The monoisotopic (exact) mass is 149 g/mol. The number of cyclic esters (lactones) is 2. The van der Waals surface area contributed by atoms with Crippen molar-refractivity contribution in [3.05, 3.63) is 12.2 Å². The molecule has 0 N–H and O–H groups in total. The normalized spacial score (nSPS) is 15.5. The van der Waals surface area contributed by atoms with E-state index in [1.165, 1.54) is 0 Å². The topological polar surface area (TPSA) is 43.4 Å². The third kappa shape index (κ3) is 1.52. The maximum atomic E-state index is 9.92. The summed E-state index contributed by atoms with van der Waals surface area (Å²) in [5, 5.41) is 0. The summed E-state index contributed by atoms with van der Waals surface area (Å²) in [4.78, 5) is 19.8. The van der Waals surface area contributed by atoms with Crippen molar-refractivity contribution >= 4 is 11.9 Å². The second-order valence-electron chi connectivity index (χ2n) is 1.07. The first-order valence-corrected chi connectivity index (χ1v) is 1.73. The molecule has 0 aromatic carbocycles. The molecule has 1 rings (SSSR count). The maximum Gasteiger partial charge on any atom is 0.338 e. The van der Waals surface area contributed by atoms with Gasteiger partial charge in [0.15, 0.2) is 0 Å². The number of carbonyl (C=O) groups is 2. The summed E-state index contributed by atoms with van der Waals surface area (Å²) in [6.07, 6.45) is 2.17. The molecule has 0 amide bonds. The van der Waals surface area contributed by atoms with Crippen LogP contribution in [-0.2, 0) is 32.9 Å². The van der Waals surface area contributed by atoms with Gasteiger partial charge in [0.25, 0.3) is 0 Å². The average Bonchev–Trinajstić information content (AvgIpc) is 1.87. The van der Waals surface area contributed by atoms with Crippen molar-refractivity contribution in [3.63, 3.8) is 0 Å². The van der Waals surface area contributed by atoms with Crippen LogP contribution in [0, 0.1) is 0 Å². The van der Waals surface area contributed by atoms with E-state index >= 15 is 0 Å². The van der Waals surface area contributed by atoms with Gasteiger partial charge in [-0.05, 0) is 0 Å². The molecule has 1 heterocycles. The Kier molecular flexibility index (Phi) is 2.51. The molecule has 0 fully saturated rings. The Bertz CT molecular complexity index is 133. The molecular formula is C4H2O3V. The Morgan fingerprint density at radius 2 is 1.50 bits per heavy atom. The Morgan fingerprint density at radius 3 is 1.62 bits per heavy atom. The van der Waals surface area contributed by atoms with Gasteiger partial charge in [0.05, 0.1) is 0 Å². The van der Waals surface area contributed by atoms with Gasteiger partial charge in [-0.1, -0.05) is 0 Å². The van der Waals surface area contributed by atoms with Gasteiger partial charge in [-0.3, -0.25) is 0 Å². The molecule has 1 aliphatic rings. The van der Waals surface area contributed by atoms with E-state index in [0.29, 0.717) is 0 Å². The first-order chi connectivity index (χ1) is 3.29. The minimum atomic E-state index is -0.579. The fourth-order valence-corrected chi connectivity index (χ4v) is 0.303. The predicted octanol–water partition coefficient (Wildman–Crippen LogP) is -0.377. The molecule has 41 valence electrons. The predicted molar refractivity (Wildman–Crippen MR) is 20.2 cm³/mol. The van der Waals surface area contributed by atoms with Crippen molar-refractivity contribution in [1.29, 1.82) is 0 Å². The molecule has 3 nitrogen and oxygen atoms in total. The van der Waals surface area contributed by atoms with Crippen LogP contribution in [0.3, 0.4) is 0 Å². The van der Waals surface area contributed by atoms with E-state index in [1.807, 2.05) is 0 Å². The van der Waals surface area contributed by atoms with E-state index in [-0.39, 0.29) is 18.6 Å². The van der Waals surface area contributed by atoms with Crippen LogP contribution in [0.2, 0.25) is 0 Å². The van der Waals surface area contributed by atoms with Gasteiger partial charge in [-0.25, -0.2) is 9.59 Å². The maximum absolute atomic E-state index is 9.92. The van der Waals surface area contributed by atoms with Gasteiger partial charge >= 0.3 is 11.9 Å². The molecule has 0 unspecified atom stereocenters.